The van der Waals surface area contributed by atoms with Crippen molar-refractivity contribution in [2.45, 2.75) is 27.7 Å². The van der Waals surface area contributed by atoms with E-state index in [4.69, 9.17) is 0 Å². The minimum atomic E-state index is 0. The second-order valence-electron chi connectivity index (χ2n) is 1.73. The SMILES string of the molecule is CC(C)C.[CH2-]C.[Y]. The minimum absolute atomic E-state index is 0. The zero-order chi connectivity index (χ0) is 5.58. The summed E-state index contributed by atoms with van der Waals surface area (Å²) in [4.78, 5) is 0. The van der Waals surface area contributed by atoms with Gasteiger partial charge in [-0.15, -0.1) is 0 Å². The standard InChI is InChI=1S/C4H10.C2H5.Y/c1-4(2)3;1-2;/h4H,1-3H3;1H2,2H3;/q;-1;. The average Bonchev–Trinajstić information content (AvgIpc) is 1.41. The fourth-order valence-corrected chi connectivity index (χ4v) is 0. The van der Waals surface area contributed by atoms with Gasteiger partial charge < -0.3 is 6.92 Å². The van der Waals surface area contributed by atoms with Crippen molar-refractivity contribution < 1.29 is 32.7 Å². The molecule has 0 fully saturated rings. The van der Waals surface area contributed by atoms with Gasteiger partial charge in [0.1, 0.15) is 0 Å². The maximum Gasteiger partial charge on any atom is 0 e. The van der Waals surface area contributed by atoms with Crippen LogP contribution >= 0.6 is 0 Å². The van der Waals surface area contributed by atoms with Gasteiger partial charge in [0.2, 0.25) is 0 Å². The molecule has 0 aromatic carbocycles. The first-order valence-corrected chi connectivity index (χ1v) is 2.44. The van der Waals surface area contributed by atoms with Crippen LogP contribution in [0.15, 0.2) is 0 Å². The van der Waals surface area contributed by atoms with Crippen LogP contribution in [-0.2, 0) is 32.7 Å². The van der Waals surface area contributed by atoms with Crippen molar-refractivity contribution in [1.82, 2.24) is 0 Å². The maximum atomic E-state index is 3.25. The minimum Gasteiger partial charge on any atom is -0.346 e. The third-order valence-electron chi connectivity index (χ3n) is 0. The van der Waals surface area contributed by atoms with Crippen molar-refractivity contribution >= 4 is 0 Å². The molecule has 0 rings (SSSR count). The molecule has 0 aliphatic rings. The van der Waals surface area contributed by atoms with Gasteiger partial charge in [0, 0.05) is 32.7 Å². The van der Waals surface area contributed by atoms with Gasteiger partial charge in [0.25, 0.3) is 0 Å². The molecule has 0 nitrogen and oxygen atoms in total. The Morgan fingerprint density at radius 3 is 1.00 bits per heavy atom. The summed E-state index contributed by atoms with van der Waals surface area (Å²) in [5.41, 5.74) is 0. The number of hydrogen-bond donors (Lipinski definition) is 0. The summed E-state index contributed by atoms with van der Waals surface area (Å²) in [6, 6.07) is 0. The molecule has 43 valence electrons. The van der Waals surface area contributed by atoms with E-state index < -0.39 is 0 Å². The van der Waals surface area contributed by atoms with E-state index in [-0.39, 0.29) is 32.7 Å². The molecule has 0 heterocycles. The van der Waals surface area contributed by atoms with Crippen molar-refractivity contribution in [3.8, 4) is 0 Å². The monoisotopic (exact) mass is 176 g/mol. The van der Waals surface area contributed by atoms with Crippen LogP contribution < -0.4 is 0 Å². The topological polar surface area (TPSA) is 0 Å². The largest absolute Gasteiger partial charge is 0.346 e. The molecule has 7 heavy (non-hydrogen) atoms. The van der Waals surface area contributed by atoms with Crippen LogP contribution in [-0.4, -0.2) is 0 Å². The molecule has 0 bridgehead atoms. The Morgan fingerprint density at radius 1 is 1.00 bits per heavy atom. The Bertz CT molecular complexity index is 8.90. The Balaban J connectivity index is -0.0000000480. The zero-order valence-electron chi connectivity index (χ0n) is 5.86. The second-order valence-corrected chi connectivity index (χ2v) is 1.73. The third kappa shape index (κ3) is 152. The van der Waals surface area contributed by atoms with E-state index in [0.29, 0.717) is 0 Å². The Kier molecular flexibility index (Phi) is 35.2. The summed E-state index contributed by atoms with van der Waals surface area (Å²) in [5.74, 6) is 0.833. The van der Waals surface area contributed by atoms with E-state index in [0.717, 1.165) is 5.92 Å². The summed E-state index contributed by atoms with van der Waals surface area (Å²) in [6.45, 7) is 11.5. The van der Waals surface area contributed by atoms with Gasteiger partial charge in [-0.25, -0.2) is 0 Å². The molecule has 0 atom stereocenters. The fourth-order valence-electron chi connectivity index (χ4n) is 0. The van der Waals surface area contributed by atoms with Crippen LogP contribution in [0.1, 0.15) is 27.7 Å². The molecule has 0 aromatic rings. The van der Waals surface area contributed by atoms with Crippen LogP contribution in [0.3, 0.4) is 0 Å². The van der Waals surface area contributed by atoms with Gasteiger partial charge in [0.05, 0.1) is 0 Å². The van der Waals surface area contributed by atoms with Crippen molar-refractivity contribution in [3.63, 3.8) is 0 Å². The normalized spacial score (nSPS) is 6.00. The summed E-state index contributed by atoms with van der Waals surface area (Å²) >= 11 is 0. The van der Waals surface area contributed by atoms with Gasteiger partial charge in [-0.3, -0.25) is 0 Å². The van der Waals surface area contributed by atoms with Gasteiger partial charge in [-0.05, 0) is 5.92 Å². The van der Waals surface area contributed by atoms with Crippen LogP contribution in [0.2, 0.25) is 0 Å². The molecular formula is C6H15Y-. The molecule has 0 unspecified atom stereocenters. The summed E-state index contributed by atoms with van der Waals surface area (Å²) < 4.78 is 0. The van der Waals surface area contributed by atoms with E-state index >= 15 is 0 Å². The smallest absolute Gasteiger partial charge is 0 e. The second kappa shape index (κ2) is 15.7. The molecule has 1 radical (unpaired) electrons. The predicted octanol–water partition coefficient (Wildman–Crippen LogP) is 2.50. The number of hydrogen-bond acceptors (Lipinski definition) is 0. The average molecular weight is 176 g/mol. The Labute approximate surface area is 73.0 Å². The first-order chi connectivity index (χ1) is 2.73. The van der Waals surface area contributed by atoms with Crippen LogP contribution in [0.5, 0.6) is 0 Å². The van der Waals surface area contributed by atoms with Crippen molar-refractivity contribution in [3.05, 3.63) is 6.92 Å². The van der Waals surface area contributed by atoms with Crippen LogP contribution in [0.4, 0.5) is 0 Å². The van der Waals surface area contributed by atoms with Gasteiger partial charge in [0.15, 0.2) is 0 Å². The molecule has 0 N–H and O–H groups in total. The molecule has 1 heteroatoms. The fraction of sp³-hybridized carbons (Fsp3) is 0.833. The van der Waals surface area contributed by atoms with E-state index in [1.54, 1.807) is 6.92 Å². The van der Waals surface area contributed by atoms with Crippen molar-refractivity contribution in [2.24, 2.45) is 5.92 Å². The van der Waals surface area contributed by atoms with Crippen molar-refractivity contribution in [1.29, 1.82) is 0 Å². The van der Waals surface area contributed by atoms with E-state index in [9.17, 15) is 0 Å². The molecule has 0 aliphatic carbocycles. The van der Waals surface area contributed by atoms with Crippen LogP contribution in [0, 0.1) is 12.8 Å². The van der Waals surface area contributed by atoms with Gasteiger partial charge >= 0.3 is 0 Å². The molecule has 0 aliphatic heterocycles. The van der Waals surface area contributed by atoms with E-state index in [1.807, 2.05) is 0 Å². The quantitative estimate of drug-likeness (QED) is 0.497. The number of rotatable bonds is 0. The first-order valence-electron chi connectivity index (χ1n) is 2.44. The summed E-state index contributed by atoms with van der Waals surface area (Å²) in [7, 11) is 0. The Hall–Kier alpha value is 1.10. The van der Waals surface area contributed by atoms with Gasteiger partial charge in [-0.2, -0.15) is 6.92 Å². The maximum absolute atomic E-state index is 3.25. The zero-order valence-corrected chi connectivity index (χ0v) is 8.70. The molecule has 0 spiro atoms. The molecule has 0 aromatic heterocycles. The molecule has 0 amide bonds. The van der Waals surface area contributed by atoms with Crippen molar-refractivity contribution in [2.75, 3.05) is 0 Å². The Morgan fingerprint density at radius 2 is 1.00 bits per heavy atom. The van der Waals surface area contributed by atoms with E-state index in [1.165, 1.54) is 0 Å². The first kappa shape index (κ1) is 15.7. The molecular weight excluding hydrogens is 161 g/mol. The molecule has 0 saturated carbocycles. The summed E-state index contributed by atoms with van der Waals surface area (Å²) in [5, 5.41) is 0. The van der Waals surface area contributed by atoms with Crippen LogP contribution in [0.25, 0.3) is 0 Å². The third-order valence-corrected chi connectivity index (χ3v) is 0. The molecule has 0 saturated heterocycles. The van der Waals surface area contributed by atoms with Gasteiger partial charge in [-0.1, -0.05) is 20.8 Å². The summed E-state index contributed by atoms with van der Waals surface area (Å²) in [6.07, 6.45) is 0. The predicted molar refractivity (Wildman–Crippen MR) is 31.5 cm³/mol. The van der Waals surface area contributed by atoms with E-state index in [2.05, 4.69) is 27.7 Å².